The molecule has 0 unspecified atom stereocenters. The van der Waals surface area contributed by atoms with E-state index in [2.05, 4.69) is 10.4 Å². The molecule has 0 aliphatic carbocycles. The third kappa shape index (κ3) is 2.21. The fraction of sp³-hybridized carbons (Fsp3) is 0.500. The normalized spacial score (nSPS) is 10.5. The molecule has 0 saturated heterocycles. The zero-order valence-electron chi connectivity index (χ0n) is 8.03. The van der Waals surface area contributed by atoms with E-state index < -0.39 is 0 Å². The van der Waals surface area contributed by atoms with Crippen molar-refractivity contribution >= 4 is 11.7 Å². The first kappa shape index (κ1) is 9.57. The minimum absolute atomic E-state index is 0.114. The second-order valence-electron chi connectivity index (χ2n) is 3.21. The van der Waals surface area contributed by atoms with E-state index in [0.717, 1.165) is 0 Å². The second-order valence-corrected chi connectivity index (χ2v) is 3.21. The van der Waals surface area contributed by atoms with Crippen molar-refractivity contribution < 1.29 is 4.79 Å². The summed E-state index contributed by atoms with van der Waals surface area (Å²) in [5.41, 5.74) is 5.91. The molecule has 13 heavy (non-hydrogen) atoms. The molecule has 0 fully saturated rings. The van der Waals surface area contributed by atoms with Crippen LogP contribution in [0.15, 0.2) is 6.07 Å². The highest BCUT2D eigenvalue weighted by molar-refractivity contribution is 5.93. The van der Waals surface area contributed by atoms with Gasteiger partial charge in [0, 0.05) is 19.2 Å². The molecule has 1 heterocycles. The molecule has 0 saturated carbocycles. The number of carbonyl (C=O) groups is 1. The van der Waals surface area contributed by atoms with Crippen LogP contribution in [0, 0.1) is 0 Å². The van der Waals surface area contributed by atoms with E-state index >= 15 is 0 Å². The number of hydrogen-bond donors (Lipinski definition) is 2. The van der Waals surface area contributed by atoms with Gasteiger partial charge in [-0.3, -0.25) is 9.48 Å². The van der Waals surface area contributed by atoms with E-state index in [-0.39, 0.29) is 11.9 Å². The Morgan fingerprint density at radius 2 is 2.31 bits per heavy atom. The fourth-order valence-electron chi connectivity index (χ4n) is 1.04. The number of carbonyl (C=O) groups excluding carboxylic acids is 1. The lowest BCUT2D eigenvalue weighted by Crippen LogP contribution is -2.31. The predicted octanol–water partition coefficient (Wildman–Crippen LogP) is 0.140. The lowest BCUT2D eigenvalue weighted by atomic mass is 10.3. The van der Waals surface area contributed by atoms with Gasteiger partial charge in [-0.1, -0.05) is 0 Å². The smallest absolute Gasteiger partial charge is 0.269 e. The SMILES string of the molecule is CC(C)NC(=O)c1cc(N)nn1C. The van der Waals surface area contributed by atoms with Crippen molar-refractivity contribution in [3.63, 3.8) is 0 Å². The summed E-state index contributed by atoms with van der Waals surface area (Å²) in [6.45, 7) is 3.80. The topological polar surface area (TPSA) is 72.9 Å². The Morgan fingerprint density at radius 1 is 1.69 bits per heavy atom. The summed E-state index contributed by atoms with van der Waals surface area (Å²) in [4.78, 5) is 11.5. The number of nitrogens with two attached hydrogens (primary N) is 1. The number of nitrogens with zero attached hydrogens (tertiary/aromatic N) is 2. The lowest BCUT2D eigenvalue weighted by molar-refractivity contribution is 0.0933. The molecule has 1 aromatic rings. The third-order valence-electron chi connectivity index (χ3n) is 1.55. The first-order valence-electron chi connectivity index (χ1n) is 4.11. The molecule has 0 aliphatic heterocycles. The third-order valence-corrected chi connectivity index (χ3v) is 1.55. The van der Waals surface area contributed by atoms with Crippen molar-refractivity contribution in [1.29, 1.82) is 0 Å². The number of anilines is 1. The summed E-state index contributed by atoms with van der Waals surface area (Å²) in [6, 6.07) is 1.67. The first-order chi connectivity index (χ1) is 6.00. The highest BCUT2D eigenvalue weighted by Crippen LogP contribution is 2.03. The molecule has 1 aromatic heterocycles. The summed E-state index contributed by atoms with van der Waals surface area (Å²) < 4.78 is 1.47. The van der Waals surface area contributed by atoms with Crippen molar-refractivity contribution in [1.82, 2.24) is 15.1 Å². The maximum absolute atomic E-state index is 11.5. The van der Waals surface area contributed by atoms with Gasteiger partial charge in [0.05, 0.1) is 0 Å². The number of aromatic nitrogens is 2. The summed E-state index contributed by atoms with van der Waals surface area (Å²) in [6.07, 6.45) is 0. The molecule has 0 spiro atoms. The highest BCUT2D eigenvalue weighted by Gasteiger charge is 2.12. The van der Waals surface area contributed by atoms with Gasteiger partial charge in [0.1, 0.15) is 11.5 Å². The molecular formula is C8H14N4O. The Hall–Kier alpha value is -1.52. The molecule has 5 nitrogen and oxygen atoms in total. The molecule has 0 radical (unpaired) electrons. The Bertz CT molecular complexity index is 316. The quantitative estimate of drug-likeness (QED) is 0.683. The van der Waals surface area contributed by atoms with E-state index in [1.807, 2.05) is 13.8 Å². The second kappa shape index (κ2) is 3.47. The van der Waals surface area contributed by atoms with Crippen LogP contribution in [-0.4, -0.2) is 21.7 Å². The Labute approximate surface area is 76.9 Å². The molecule has 0 aromatic carbocycles. The van der Waals surface area contributed by atoms with E-state index in [1.165, 1.54) is 4.68 Å². The zero-order chi connectivity index (χ0) is 10.0. The lowest BCUT2D eigenvalue weighted by Gasteiger charge is -2.07. The van der Waals surface area contributed by atoms with Crippen LogP contribution in [-0.2, 0) is 7.05 Å². The van der Waals surface area contributed by atoms with Crippen LogP contribution in [0.3, 0.4) is 0 Å². The van der Waals surface area contributed by atoms with E-state index in [0.29, 0.717) is 11.5 Å². The van der Waals surface area contributed by atoms with Gasteiger partial charge in [-0.15, -0.1) is 0 Å². The van der Waals surface area contributed by atoms with Gasteiger partial charge in [-0.05, 0) is 13.8 Å². The average molecular weight is 182 g/mol. The molecule has 0 bridgehead atoms. The van der Waals surface area contributed by atoms with Crippen molar-refractivity contribution in [3.8, 4) is 0 Å². The Balaban J connectivity index is 2.82. The van der Waals surface area contributed by atoms with Crippen LogP contribution in [0.5, 0.6) is 0 Å². The molecule has 3 N–H and O–H groups in total. The zero-order valence-corrected chi connectivity index (χ0v) is 8.03. The maximum Gasteiger partial charge on any atom is 0.269 e. The van der Waals surface area contributed by atoms with Gasteiger partial charge in [-0.2, -0.15) is 5.10 Å². The van der Waals surface area contributed by atoms with Crippen molar-refractivity contribution in [3.05, 3.63) is 11.8 Å². The van der Waals surface area contributed by atoms with Crippen LogP contribution in [0.25, 0.3) is 0 Å². The van der Waals surface area contributed by atoms with Gasteiger partial charge in [0.15, 0.2) is 0 Å². The van der Waals surface area contributed by atoms with Crippen LogP contribution in [0.4, 0.5) is 5.82 Å². The molecule has 5 heteroatoms. The van der Waals surface area contributed by atoms with Crippen molar-refractivity contribution in [2.75, 3.05) is 5.73 Å². The van der Waals surface area contributed by atoms with Gasteiger partial charge in [0.2, 0.25) is 0 Å². The fourth-order valence-corrected chi connectivity index (χ4v) is 1.04. The number of nitrogen functional groups attached to an aromatic ring is 1. The van der Waals surface area contributed by atoms with Crippen LogP contribution >= 0.6 is 0 Å². The predicted molar refractivity (Wildman–Crippen MR) is 50.2 cm³/mol. The average Bonchev–Trinajstić information content (AvgIpc) is 2.28. The summed E-state index contributed by atoms with van der Waals surface area (Å²) in [5.74, 6) is 0.207. The number of hydrogen-bond acceptors (Lipinski definition) is 3. The number of nitrogens with one attached hydrogen (secondary N) is 1. The van der Waals surface area contributed by atoms with E-state index in [4.69, 9.17) is 5.73 Å². The standard InChI is InChI=1S/C8H14N4O/c1-5(2)10-8(13)6-4-7(9)11-12(6)3/h4-5H,1-3H3,(H2,9,11)(H,10,13). The molecular weight excluding hydrogens is 168 g/mol. The molecule has 1 rings (SSSR count). The highest BCUT2D eigenvalue weighted by atomic mass is 16.2. The van der Waals surface area contributed by atoms with Crippen LogP contribution < -0.4 is 11.1 Å². The maximum atomic E-state index is 11.5. The largest absolute Gasteiger partial charge is 0.382 e. The summed E-state index contributed by atoms with van der Waals surface area (Å²) in [5, 5.41) is 6.63. The summed E-state index contributed by atoms with van der Waals surface area (Å²) in [7, 11) is 1.69. The van der Waals surface area contributed by atoms with E-state index in [9.17, 15) is 4.79 Å². The van der Waals surface area contributed by atoms with E-state index in [1.54, 1.807) is 13.1 Å². The molecule has 1 amide bonds. The van der Waals surface area contributed by atoms with Gasteiger partial charge < -0.3 is 11.1 Å². The molecule has 0 aliphatic rings. The van der Waals surface area contributed by atoms with Gasteiger partial charge in [-0.25, -0.2) is 0 Å². The van der Waals surface area contributed by atoms with Gasteiger partial charge >= 0.3 is 0 Å². The summed E-state index contributed by atoms with van der Waals surface area (Å²) >= 11 is 0. The number of aryl methyl sites for hydroxylation is 1. The Kier molecular flexibility index (Phi) is 2.55. The first-order valence-corrected chi connectivity index (χ1v) is 4.11. The van der Waals surface area contributed by atoms with Crippen LogP contribution in [0.1, 0.15) is 24.3 Å². The molecule has 72 valence electrons. The van der Waals surface area contributed by atoms with Gasteiger partial charge in [0.25, 0.3) is 5.91 Å². The Morgan fingerprint density at radius 3 is 2.69 bits per heavy atom. The number of rotatable bonds is 2. The number of amides is 1. The molecule has 0 atom stereocenters. The van der Waals surface area contributed by atoms with Crippen LogP contribution in [0.2, 0.25) is 0 Å². The monoisotopic (exact) mass is 182 g/mol. The van der Waals surface area contributed by atoms with Crippen molar-refractivity contribution in [2.24, 2.45) is 7.05 Å². The minimum Gasteiger partial charge on any atom is -0.382 e. The van der Waals surface area contributed by atoms with Crippen molar-refractivity contribution in [2.45, 2.75) is 19.9 Å². The minimum atomic E-state index is -0.151.